The summed E-state index contributed by atoms with van der Waals surface area (Å²) in [5.41, 5.74) is 6.48. The third kappa shape index (κ3) is 6.33. The molecule has 1 unspecified atom stereocenters. The highest BCUT2D eigenvalue weighted by molar-refractivity contribution is 5.83. The molecule has 0 aliphatic carbocycles. The third-order valence-electron chi connectivity index (χ3n) is 7.29. The summed E-state index contributed by atoms with van der Waals surface area (Å²) in [6.45, 7) is 3.01. The number of rotatable bonds is 6. The average molecular weight is 595 g/mol. The number of non-ortho nitro benzene ring substituents is 1. The van der Waals surface area contributed by atoms with Crippen LogP contribution in [0.1, 0.15) is 38.2 Å². The summed E-state index contributed by atoms with van der Waals surface area (Å²) in [5.74, 6) is 6.08. The minimum atomic E-state index is -1.46. The maximum Gasteiger partial charge on any atom is 0.415 e. The van der Waals surface area contributed by atoms with E-state index in [1.807, 2.05) is 0 Å². The monoisotopic (exact) mass is 594 g/mol. The molecule has 0 spiro atoms. The van der Waals surface area contributed by atoms with Crippen molar-refractivity contribution in [3.8, 4) is 17.6 Å². The van der Waals surface area contributed by atoms with Crippen LogP contribution < -0.4 is 15.8 Å². The van der Waals surface area contributed by atoms with Gasteiger partial charge in [-0.1, -0.05) is 5.92 Å². The van der Waals surface area contributed by atoms with Crippen LogP contribution in [0.25, 0.3) is 11.2 Å². The molecule has 0 radical (unpaired) electrons. The highest BCUT2D eigenvalue weighted by Gasteiger charge is 2.47. The maximum atomic E-state index is 12.5. The summed E-state index contributed by atoms with van der Waals surface area (Å²) in [6.07, 6.45) is -2.55. The van der Waals surface area contributed by atoms with Gasteiger partial charge in [0.2, 0.25) is 5.82 Å². The number of nitro benzene ring substituents is 1. The lowest BCUT2D eigenvalue weighted by Crippen LogP contribution is -2.42. The van der Waals surface area contributed by atoms with Crippen molar-refractivity contribution in [2.75, 3.05) is 25.4 Å². The number of imidazole rings is 1. The van der Waals surface area contributed by atoms with Crippen LogP contribution in [0, 0.1) is 27.9 Å². The Bertz CT molecular complexity index is 1580. The molecule has 3 aromatic rings. The zero-order valence-electron chi connectivity index (χ0n) is 23.1. The maximum absolute atomic E-state index is 12.5. The summed E-state index contributed by atoms with van der Waals surface area (Å²) >= 11 is 0. The van der Waals surface area contributed by atoms with Crippen LogP contribution >= 0.6 is 0 Å². The second-order valence-corrected chi connectivity index (χ2v) is 10.1. The lowest BCUT2D eigenvalue weighted by atomic mass is 9.94. The van der Waals surface area contributed by atoms with Crippen LogP contribution in [0.4, 0.5) is 16.3 Å². The van der Waals surface area contributed by atoms with E-state index < -0.39 is 41.5 Å². The minimum Gasteiger partial charge on any atom is -0.410 e. The van der Waals surface area contributed by atoms with Gasteiger partial charge in [0.25, 0.3) is 11.6 Å². The second kappa shape index (κ2) is 12.6. The van der Waals surface area contributed by atoms with Crippen molar-refractivity contribution in [2.24, 2.45) is 5.92 Å². The number of nitrogen functional groups attached to an aromatic ring is 1. The van der Waals surface area contributed by atoms with E-state index in [1.54, 1.807) is 11.8 Å². The zero-order valence-corrected chi connectivity index (χ0v) is 23.1. The van der Waals surface area contributed by atoms with E-state index in [4.69, 9.17) is 15.2 Å². The lowest BCUT2D eigenvalue weighted by Gasteiger charge is -2.30. The molecule has 16 heteroatoms. The first-order valence-corrected chi connectivity index (χ1v) is 13.7. The largest absolute Gasteiger partial charge is 0.415 e. The molecule has 4 atom stereocenters. The number of piperidine rings is 1. The normalized spacial score (nSPS) is 22.2. The Labute approximate surface area is 245 Å². The fourth-order valence-electron chi connectivity index (χ4n) is 4.96. The molecule has 0 saturated carbocycles. The quantitative estimate of drug-likeness (QED) is 0.176. The number of nitrogens with two attached hydrogens (primary N) is 1. The standard InChI is InChI=1S/C27H30N8O8/c1-2-29-25(38)22-20(36)21(37)26(43-22)34-14-30-19-23(28)31-18(32-24(19)34)5-3-4-15-10-12-33(13-11-15)27(39)42-17-8-6-16(7-9-17)35(40)41/h6-9,14-15,20-22,26,36-37H,2,4,10-13H2,1H3,(H,29,38)(H2,28,31,32)/t20-,21?,22+,26-/m1/s1. The molecule has 2 amide bonds. The smallest absolute Gasteiger partial charge is 0.410 e. The van der Waals surface area contributed by atoms with Crippen LogP contribution in [-0.4, -0.2) is 89.5 Å². The van der Waals surface area contributed by atoms with E-state index in [1.165, 1.54) is 35.2 Å². The number of likely N-dealkylation sites (tertiary alicyclic amines) is 1. The van der Waals surface area contributed by atoms with E-state index in [9.17, 15) is 29.9 Å². The van der Waals surface area contributed by atoms with Crippen LogP contribution in [0.5, 0.6) is 5.75 Å². The van der Waals surface area contributed by atoms with Gasteiger partial charge in [-0.3, -0.25) is 19.5 Å². The summed E-state index contributed by atoms with van der Waals surface area (Å²) in [6, 6.07) is 5.31. The molecule has 2 fully saturated rings. The van der Waals surface area contributed by atoms with Gasteiger partial charge in [0.15, 0.2) is 23.8 Å². The molecule has 4 heterocycles. The molecule has 2 saturated heterocycles. The topological polar surface area (TPSA) is 221 Å². The first-order valence-electron chi connectivity index (χ1n) is 13.7. The number of fused-ring (bicyclic) bond motifs is 1. The Morgan fingerprint density at radius 1 is 1.21 bits per heavy atom. The summed E-state index contributed by atoms with van der Waals surface area (Å²) in [7, 11) is 0. The highest BCUT2D eigenvalue weighted by Crippen LogP contribution is 2.32. The summed E-state index contributed by atoms with van der Waals surface area (Å²) in [5, 5.41) is 34.3. The Morgan fingerprint density at radius 2 is 1.93 bits per heavy atom. The van der Waals surface area contributed by atoms with E-state index in [-0.39, 0.29) is 40.2 Å². The second-order valence-electron chi connectivity index (χ2n) is 10.1. The molecule has 0 bridgehead atoms. The van der Waals surface area contributed by atoms with Gasteiger partial charge < -0.3 is 35.6 Å². The van der Waals surface area contributed by atoms with Crippen LogP contribution in [0.3, 0.4) is 0 Å². The molecule has 43 heavy (non-hydrogen) atoms. The molecular weight excluding hydrogens is 564 g/mol. The van der Waals surface area contributed by atoms with E-state index in [2.05, 4.69) is 32.1 Å². The number of carbonyl (C=O) groups excluding carboxylic acids is 2. The van der Waals surface area contributed by atoms with Gasteiger partial charge in [0.05, 0.1) is 11.3 Å². The summed E-state index contributed by atoms with van der Waals surface area (Å²) in [4.78, 5) is 49.4. The van der Waals surface area contributed by atoms with Gasteiger partial charge in [0, 0.05) is 38.2 Å². The van der Waals surface area contributed by atoms with E-state index in [0.717, 1.165) is 0 Å². The number of ether oxygens (including phenoxy) is 2. The number of nitrogens with one attached hydrogen (secondary N) is 1. The highest BCUT2D eigenvalue weighted by atomic mass is 16.6. The number of hydrogen-bond donors (Lipinski definition) is 4. The number of likely N-dealkylation sites (N-methyl/N-ethyl adjacent to an activating group) is 1. The molecule has 226 valence electrons. The zero-order chi connectivity index (χ0) is 30.7. The van der Waals surface area contributed by atoms with Crippen molar-refractivity contribution in [3.05, 3.63) is 46.5 Å². The van der Waals surface area contributed by atoms with Gasteiger partial charge in [-0.2, -0.15) is 0 Å². The van der Waals surface area contributed by atoms with Crippen molar-refractivity contribution in [3.63, 3.8) is 0 Å². The number of aliphatic hydroxyl groups is 2. The van der Waals surface area contributed by atoms with Crippen LogP contribution in [0.2, 0.25) is 0 Å². The van der Waals surface area contributed by atoms with Crippen molar-refractivity contribution in [1.29, 1.82) is 0 Å². The third-order valence-corrected chi connectivity index (χ3v) is 7.29. The Kier molecular flexibility index (Phi) is 8.66. The fourth-order valence-corrected chi connectivity index (χ4v) is 4.96. The molecule has 5 N–H and O–H groups in total. The summed E-state index contributed by atoms with van der Waals surface area (Å²) < 4.78 is 12.4. The van der Waals surface area contributed by atoms with E-state index >= 15 is 0 Å². The molecule has 1 aromatic carbocycles. The first kappa shape index (κ1) is 29.6. The number of benzene rings is 1. The van der Waals surface area contributed by atoms with Gasteiger partial charge >= 0.3 is 6.09 Å². The molecule has 16 nitrogen and oxygen atoms in total. The first-order chi connectivity index (χ1) is 20.7. The van der Waals surface area contributed by atoms with Crippen molar-refractivity contribution >= 4 is 34.7 Å². The minimum absolute atomic E-state index is 0.0706. The van der Waals surface area contributed by atoms with Crippen molar-refractivity contribution < 1.29 is 34.2 Å². The number of hydrogen-bond acceptors (Lipinski definition) is 12. The van der Waals surface area contributed by atoms with Gasteiger partial charge in [-0.25, -0.2) is 19.7 Å². The van der Waals surface area contributed by atoms with Crippen molar-refractivity contribution in [1.82, 2.24) is 29.7 Å². The molecule has 2 aliphatic heterocycles. The van der Waals surface area contributed by atoms with Gasteiger partial charge in [-0.05, 0) is 43.7 Å². The SMILES string of the molecule is CCNC(=O)[C@H]1O[C@@H](n2cnc3c(N)nc(C#CCC4CCN(C(=O)Oc5ccc([N+](=O)[O-])cc5)CC4)nc32)C(O)[C@H]1O. The number of amides is 2. The molecule has 2 aromatic heterocycles. The number of nitrogens with zero attached hydrogens (tertiary/aromatic N) is 6. The number of aliphatic hydroxyl groups excluding tert-OH is 2. The predicted octanol–water partition coefficient (Wildman–Crippen LogP) is 0.725. The van der Waals surface area contributed by atoms with Gasteiger partial charge in [-0.15, -0.1) is 0 Å². The molecule has 2 aliphatic rings. The Balaban J connectivity index is 1.19. The lowest BCUT2D eigenvalue weighted by molar-refractivity contribution is -0.384. The number of carbonyl (C=O) groups is 2. The molecule has 5 rings (SSSR count). The number of aromatic nitrogens is 4. The Morgan fingerprint density at radius 3 is 2.60 bits per heavy atom. The van der Waals surface area contributed by atoms with Crippen LogP contribution in [-0.2, 0) is 9.53 Å². The van der Waals surface area contributed by atoms with E-state index in [0.29, 0.717) is 38.9 Å². The number of nitro groups is 1. The average Bonchev–Trinajstić information content (AvgIpc) is 3.54. The van der Waals surface area contributed by atoms with Crippen molar-refractivity contribution in [2.45, 2.75) is 50.7 Å². The van der Waals surface area contributed by atoms with Crippen LogP contribution in [0.15, 0.2) is 30.6 Å². The predicted molar refractivity (Wildman–Crippen MR) is 149 cm³/mol. The van der Waals surface area contributed by atoms with Gasteiger partial charge in [0.1, 0.15) is 23.5 Å². The number of anilines is 1. The molecular formula is C27H30N8O8. The fraction of sp³-hybridized carbons (Fsp3) is 0.444. The Hall–Kier alpha value is -4.85.